The van der Waals surface area contributed by atoms with Crippen LogP contribution in [0, 0.1) is 11.8 Å². The minimum absolute atomic E-state index is 0.495. The molecular weight excluding hydrogens is 218 g/mol. The molecule has 0 aliphatic heterocycles. The number of hydrogen-bond acceptors (Lipinski definition) is 2. The molecule has 0 aliphatic carbocycles. The average molecular weight is 230 g/mol. The minimum Gasteiger partial charge on any atom is -0.145 e. The third kappa shape index (κ3) is 3.13. The zero-order valence-electron chi connectivity index (χ0n) is 7.47. The SMILES string of the molecule is CC.Cc1ccc(Br)cc1N=O. The van der Waals surface area contributed by atoms with E-state index in [2.05, 4.69) is 21.1 Å². The third-order valence-electron chi connectivity index (χ3n) is 1.27. The second-order valence-corrected chi connectivity index (χ2v) is 2.94. The van der Waals surface area contributed by atoms with E-state index in [0.29, 0.717) is 5.69 Å². The van der Waals surface area contributed by atoms with Crippen LogP contribution in [0.2, 0.25) is 0 Å². The topological polar surface area (TPSA) is 29.4 Å². The van der Waals surface area contributed by atoms with Gasteiger partial charge in [0.1, 0.15) is 5.69 Å². The largest absolute Gasteiger partial charge is 0.145 e. The van der Waals surface area contributed by atoms with Crippen LogP contribution in [0.15, 0.2) is 27.8 Å². The van der Waals surface area contributed by atoms with Crippen molar-refractivity contribution in [1.82, 2.24) is 0 Å². The van der Waals surface area contributed by atoms with Crippen molar-refractivity contribution >= 4 is 21.6 Å². The Hall–Kier alpha value is -0.700. The molecule has 0 saturated heterocycles. The van der Waals surface area contributed by atoms with Crippen LogP contribution < -0.4 is 0 Å². The Morgan fingerprint density at radius 3 is 2.33 bits per heavy atom. The summed E-state index contributed by atoms with van der Waals surface area (Å²) in [5.74, 6) is 0. The lowest BCUT2D eigenvalue weighted by molar-refractivity contribution is 1.38. The molecule has 1 rings (SSSR count). The third-order valence-corrected chi connectivity index (χ3v) is 1.76. The van der Waals surface area contributed by atoms with Crippen molar-refractivity contribution in [2.45, 2.75) is 20.8 Å². The summed E-state index contributed by atoms with van der Waals surface area (Å²) in [5, 5.41) is 2.85. The fraction of sp³-hybridized carbons (Fsp3) is 0.333. The van der Waals surface area contributed by atoms with Crippen LogP contribution in [0.5, 0.6) is 0 Å². The molecule has 0 aromatic heterocycles. The molecule has 0 heterocycles. The quantitative estimate of drug-likeness (QED) is 0.665. The Bertz CT molecular complexity index is 261. The van der Waals surface area contributed by atoms with Gasteiger partial charge in [-0.15, -0.1) is 4.91 Å². The van der Waals surface area contributed by atoms with Crippen LogP contribution in [0.25, 0.3) is 0 Å². The molecule has 0 amide bonds. The van der Waals surface area contributed by atoms with E-state index < -0.39 is 0 Å². The van der Waals surface area contributed by atoms with Gasteiger partial charge in [-0.2, -0.15) is 0 Å². The predicted octanol–water partition coefficient (Wildman–Crippen LogP) is 4.18. The lowest BCUT2D eigenvalue weighted by atomic mass is 10.2. The maximum atomic E-state index is 10.1. The van der Waals surface area contributed by atoms with Gasteiger partial charge in [0.05, 0.1) is 0 Å². The molecule has 12 heavy (non-hydrogen) atoms. The van der Waals surface area contributed by atoms with E-state index >= 15 is 0 Å². The van der Waals surface area contributed by atoms with Crippen LogP contribution >= 0.6 is 15.9 Å². The average Bonchev–Trinajstić information content (AvgIpc) is 2.13. The van der Waals surface area contributed by atoms with Gasteiger partial charge in [0.25, 0.3) is 0 Å². The number of aryl methyl sites for hydroxylation is 1. The summed E-state index contributed by atoms with van der Waals surface area (Å²) in [4.78, 5) is 10.1. The first-order chi connectivity index (χ1) is 5.74. The van der Waals surface area contributed by atoms with Gasteiger partial charge in [-0.05, 0) is 29.8 Å². The molecule has 2 nitrogen and oxygen atoms in total. The highest BCUT2D eigenvalue weighted by Crippen LogP contribution is 2.22. The van der Waals surface area contributed by atoms with E-state index in [4.69, 9.17) is 0 Å². The van der Waals surface area contributed by atoms with Gasteiger partial charge in [-0.25, -0.2) is 0 Å². The van der Waals surface area contributed by atoms with Crippen molar-refractivity contribution in [3.63, 3.8) is 0 Å². The molecule has 0 saturated carbocycles. The molecule has 66 valence electrons. The number of halogens is 1. The number of nitroso groups, excluding NO2 is 1. The number of benzene rings is 1. The molecule has 1 aromatic carbocycles. The fourth-order valence-electron chi connectivity index (χ4n) is 0.681. The molecule has 0 unspecified atom stereocenters. The van der Waals surface area contributed by atoms with Crippen molar-refractivity contribution in [2.24, 2.45) is 5.18 Å². The van der Waals surface area contributed by atoms with Gasteiger partial charge in [0.2, 0.25) is 0 Å². The monoisotopic (exact) mass is 229 g/mol. The smallest absolute Gasteiger partial charge is 0.112 e. The Balaban J connectivity index is 0.000000561. The summed E-state index contributed by atoms with van der Waals surface area (Å²) in [7, 11) is 0. The first-order valence-electron chi connectivity index (χ1n) is 3.83. The first-order valence-corrected chi connectivity index (χ1v) is 4.63. The lowest BCUT2D eigenvalue weighted by Crippen LogP contribution is -1.71. The summed E-state index contributed by atoms with van der Waals surface area (Å²) in [6.45, 7) is 5.85. The Kier molecular flexibility index (Phi) is 5.54. The second kappa shape index (κ2) is 5.89. The summed E-state index contributed by atoms with van der Waals surface area (Å²) < 4.78 is 0.882. The number of nitrogens with zero attached hydrogens (tertiary/aromatic N) is 1. The normalized spacial score (nSPS) is 8.33. The Morgan fingerprint density at radius 1 is 1.33 bits per heavy atom. The molecule has 0 N–H and O–H groups in total. The maximum Gasteiger partial charge on any atom is 0.112 e. The molecule has 0 fully saturated rings. The number of rotatable bonds is 1. The second-order valence-electron chi connectivity index (χ2n) is 2.02. The molecule has 3 heteroatoms. The number of hydrogen-bond donors (Lipinski definition) is 0. The maximum absolute atomic E-state index is 10.1. The van der Waals surface area contributed by atoms with E-state index in [-0.39, 0.29) is 0 Å². The summed E-state index contributed by atoms with van der Waals surface area (Å²) in [6, 6.07) is 5.42. The van der Waals surface area contributed by atoms with Crippen LogP contribution in [0.3, 0.4) is 0 Å². The lowest BCUT2D eigenvalue weighted by Gasteiger charge is -1.94. The zero-order valence-corrected chi connectivity index (χ0v) is 9.05. The van der Waals surface area contributed by atoms with Crippen molar-refractivity contribution in [1.29, 1.82) is 0 Å². The summed E-state index contributed by atoms with van der Waals surface area (Å²) in [5.41, 5.74) is 1.40. The van der Waals surface area contributed by atoms with Gasteiger partial charge >= 0.3 is 0 Å². The van der Waals surface area contributed by atoms with Crippen LogP contribution in [-0.4, -0.2) is 0 Å². The van der Waals surface area contributed by atoms with Gasteiger partial charge in [0, 0.05) is 4.47 Å². The predicted molar refractivity (Wildman–Crippen MR) is 55.7 cm³/mol. The Labute approximate surface area is 81.1 Å². The molecule has 1 aromatic rings. The standard InChI is InChI=1S/C7H6BrNO.C2H6/c1-5-2-3-6(8)4-7(5)9-10;1-2/h2-4H,1H3;1-2H3. The van der Waals surface area contributed by atoms with Crippen LogP contribution in [0.1, 0.15) is 19.4 Å². The highest BCUT2D eigenvalue weighted by atomic mass is 79.9. The van der Waals surface area contributed by atoms with E-state index in [1.165, 1.54) is 0 Å². The zero-order chi connectivity index (χ0) is 9.56. The first kappa shape index (κ1) is 11.3. The molecule has 0 spiro atoms. The van der Waals surface area contributed by atoms with Gasteiger partial charge in [-0.1, -0.05) is 35.8 Å². The fourth-order valence-corrected chi connectivity index (χ4v) is 1.03. The summed E-state index contributed by atoms with van der Waals surface area (Å²) in [6.07, 6.45) is 0. The highest BCUT2D eigenvalue weighted by Gasteiger charge is 1.96. The van der Waals surface area contributed by atoms with E-state index in [9.17, 15) is 4.91 Å². The minimum atomic E-state index is 0.495. The van der Waals surface area contributed by atoms with Crippen molar-refractivity contribution in [2.75, 3.05) is 0 Å². The summed E-state index contributed by atoms with van der Waals surface area (Å²) >= 11 is 3.24. The van der Waals surface area contributed by atoms with E-state index in [1.807, 2.05) is 32.9 Å². The molecule has 0 bridgehead atoms. The van der Waals surface area contributed by atoms with Gasteiger partial charge in [-0.3, -0.25) is 0 Å². The van der Waals surface area contributed by atoms with Crippen molar-refractivity contribution in [3.8, 4) is 0 Å². The molecule has 0 atom stereocenters. The molecule has 0 radical (unpaired) electrons. The van der Waals surface area contributed by atoms with E-state index in [0.717, 1.165) is 10.0 Å². The van der Waals surface area contributed by atoms with Gasteiger partial charge < -0.3 is 0 Å². The van der Waals surface area contributed by atoms with Crippen LogP contribution in [-0.2, 0) is 0 Å². The highest BCUT2D eigenvalue weighted by molar-refractivity contribution is 9.10. The van der Waals surface area contributed by atoms with Gasteiger partial charge in [0.15, 0.2) is 0 Å². The van der Waals surface area contributed by atoms with Crippen molar-refractivity contribution < 1.29 is 0 Å². The van der Waals surface area contributed by atoms with Crippen LogP contribution in [0.4, 0.5) is 5.69 Å². The molecular formula is C9H12BrNO. The Morgan fingerprint density at radius 2 is 1.92 bits per heavy atom. The molecule has 0 aliphatic rings. The van der Waals surface area contributed by atoms with E-state index in [1.54, 1.807) is 6.07 Å². The van der Waals surface area contributed by atoms with Crippen molar-refractivity contribution in [3.05, 3.63) is 33.1 Å².